The number of carbonyl (C=O) groups is 2. The Kier molecular flexibility index (Phi) is 20.3. The van der Waals surface area contributed by atoms with E-state index in [1.165, 1.54) is 96.7 Å². The van der Waals surface area contributed by atoms with Crippen LogP contribution in [0.4, 0.5) is 9.59 Å². The highest BCUT2D eigenvalue weighted by Gasteiger charge is 2.49. The minimum Gasteiger partial charge on any atom is -0.724 e. The largest absolute Gasteiger partial charge is 0.724 e. The van der Waals surface area contributed by atoms with E-state index in [9.17, 15) is 31.0 Å². The van der Waals surface area contributed by atoms with E-state index >= 15 is 0 Å². The molecule has 2 aromatic heterocycles. The first-order valence-electron chi connectivity index (χ1n) is 23.3. The van der Waals surface area contributed by atoms with Crippen LogP contribution in [-0.2, 0) is 42.5 Å². The van der Waals surface area contributed by atoms with Crippen molar-refractivity contribution in [2.24, 2.45) is 5.73 Å². The fraction of sp³-hybridized carbons (Fsp3) is 0.738. The summed E-state index contributed by atoms with van der Waals surface area (Å²) in [6, 6.07) is 0.467. The molecule has 4 atom stereocenters. The van der Waals surface area contributed by atoms with Gasteiger partial charge in [0, 0.05) is 45.0 Å². The highest BCUT2D eigenvalue weighted by atomic mass is 32.3. The Bertz CT molecular complexity index is 2000. The van der Waals surface area contributed by atoms with Crippen molar-refractivity contribution in [3.63, 3.8) is 0 Å². The van der Waals surface area contributed by atoms with Gasteiger partial charge < -0.3 is 43.4 Å². The molecule has 23 nitrogen and oxygen atoms in total. The number of allylic oxidation sites excluding steroid dienone is 1. The standard InChI is InChI=1S/C16H36N.C14H20N4O6S.C12H18N6O6S/c1-5-9-13-17(14-10-6-2,15-11-7-3)16-12-8-4;1-9(2)16(3)8-11-6-12(15-23-11)13-5-4-10-7-17(13)14(19)18(10)24-25(20,21)22;1-16(11(13)14)6-8-4-9(15-23-8)10-3-2-7-5-17(10)12(19)18(7)24-25(20,21)22/h5-16H2,1-4H3;6,10,13H,1,4-5,7-8H2,2-3H3,(H,20,21,22);4,7,10H,2-3,5-6H2,1H3,(H3,13,14)(H,20,21,22)/q+1;;/p-1/t;10-,13+;7-,10+/m.11/s1. The molecule has 6 rings (SSSR count). The SMILES string of the molecule is C=C(C)N(C)Cc1cc([C@@H]2CC[C@@H]3CN2C(=O)N3OS(=O)(=O)[O-])no1.CCCC[N+](CCCC)(CCCC)CCCC.CN(Cc1cc([C@@H]2CC[C@@H]3CN2C(=O)N3OS(=O)(=O)O)no1)C(=N)N. The Morgan fingerprint density at radius 1 is 0.791 bits per heavy atom. The summed E-state index contributed by atoms with van der Waals surface area (Å²) in [5.74, 6) is 0.989. The van der Waals surface area contributed by atoms with Gasteiger partial charge in [-0.25, -0.2) is 18.0 Å². The van der Waals surface area contributed by atoms with E-state index in [-0.39, 0.29) is 37.7 Å². The molecular formula is C42H73N11O12S2. The molecule has 0 unspecified atom stereocenters. The van der Waals surface area contributed by atoms with Crippen LogP contribution in [0, 0.1) is 5.41 Å². The molecule has 0 spiro atoms. The lowest BCUT2D eigenvalue weighted by atomic mass is 9.98. The molecule has 4 N–H and O–H groups in total. The molecule has 4 saturated heterocycles. The van der Waals surface area contributed by atoms with Gasteiger partial charge in [-0.1, -0.05) is 70.3 Å². The number of carbonyl (C=O) groups excluding carboxylic acids is 2. The Balaban J connectivity index is 0.000000225. The molecule has 4 fully saturated rings. The van der Waals surface area contributed by atoms with Crippen molar-refractivity contribution in [1.29, 1.82) is 5.41 Å². The number of aromatic nitrogens is 2. The van der Waals surface area contributed by atoms with Gasteiger partial charge in [0.25, 0.3) is 0 Å². The van der Waals surface area contributed by atoms with Crippen molar-refractivity contribution in [3.8, 4) is 0 Å². The van der Waals surface area contributed by atoms with Crippen LogP contribution in [0.15, 0.2) is 33.5 Å². The van der Waals surface area contributed by atoms with E-state index in [2.05, 4.69) is 53.2 Å². The number of amides is 4. The van der Waals surface area contributed by atoms with Crippen LogP contribution in [0.2, 0.25) is 0 Å². The summed E-state index contributed by atoms with van der Waals surface area (Å²) in [4.78, 5) is 31.0. The molecule has 4 amide bonds. The summed E-state index contributed by atoms with van der Waals surface area (Å²) >= 11 is 0. The van der Waals surface area contributed by atoms with Gasteiger partial charge in [0.05, 0.1) is 63.4 Å². The van der Waals surface area contributed by atoms with E-state index in [0.29, 0.717) is 65.3 Å². The lowest BCUT2D eigenvalue weighted by Gasteiger charge is -2.39. The fourth-order valence-electron chi connectivity index (χ4n) is 8.73. The fourth-order valence-corrected chi connectivity index (χ4v) is 9.50. The van der Waals surface area contributed by atoms with Gasteiger partial charge >= 0.3 is 22.5 Å². The number of nitrogens with two attached hydrogens (primary N) is 1. The number of rotatable bonds is 23. The lowest BCUT2D eigenvalue weighted by Crippen LogP contribution is -2.50. The van der Waals surface area contributed by atoms with Crippen molar-refractivity contribution in [3.05, 3.63) is 47.3 Å². The third-order valence-corrected chi connectivity index (χ3v) is 13.3. The second-order valence-corrected chi connectivity index (χ2v) is 19.9. The zero-order valence-electron chi connectivity index (χ0n) is 40.2. The molecule has 67 heavy (non-hydrogen) atoms. The van der Waals surface area contributed by atoms with Crippen molar-refractivity contribution >= 4 is 38.8 Å². The minimum atomic E-state index is -5.00. The molecular weight excluding hydrogens is 915 g/mol. The normalized spacial score (nSPS) is 20.4. The van der Waals surface area contributed by atoms with Gasteiger partial charge in [-0.3, -0.25) is 9.96 Å². The Hall–Kier alpha value is -4.53. The van der Waals surface area contributed by atoms with Gasteiger partial charge in [-0.2, -0.15) is 22.8 Å². The van der Waals surface area contributed by atoms with Crippen LogP contribution >= 0.6 is 0 Å². The Morgan fingerprint density at radius 3 is 1.52 bits per heavy atom. The summed E-state index contributed by atoms with van der Waals surface area (Å²) in [6.07, 6.45) is 13.1. The quantitative estimate of drug-likeness (QED) is 0.0398. The van der Waals surface area contributed by atoms with Gasteiger partial charge in [0.2, 0.25) is 10.4 Å². The van der Waals surface area contributed by atoms with E-state index in [0.717, 1.165) is 5.70 Å². The summed E-state index contributed by atoms with van der Waals surface area (Å²) in [7, 11) is -6.27. The minimum absolute atomic E-state index is 0.119. The molecule has 4 aliphatic rings. The lowest BCUT2D eigenvalue weighted by molar-refractivity contribution is -0.929. The van der Waals surface area contributed by atoms with E-state index in [1.54, 1.807) is 19.2 Å². The number of nitrogens with zero attached hydrogens (tertiary/aromatic N) is 9. The number of urea groups is 2. The average Bonchev–Trinajstić information content (AvgIpc) is 4.04. The average molecular weight is 988 g/mol. The Labute approximate surface area is 396 Å². The maximum Gasteiger partial charge on any atom is 0.418 e. The third-order valence-electron chi connectivity index (χ3n) is 12.6. The van der Waals surface area contributed by atoms with Gasteiger partial charge in [-0.05, 0) is 58.3 Å². The molecule has 0 aromatic carbocycles. The van der Waals surface area contributed by atoms with Gasteiger partial charge in [0.15, 0.2) is 17.5 Å². The van der Waals surface area contributed by atoms with Crippen molar-refractivity contribution in [2.45, 2.75) is 149 Å². The molecule has 380 valence electrons. The molecule has 0 radical (unpaired) electrons. The first-order chi connectivity index (χ1) is 31.6. The highest BCUT2D eigenvalue weighted by molar-refractivity contribution is 7.81. The maximum atomic E-state index is 12.4. The van der Waals surface area contributed by atoms with Crippen LogP contribution in [0.1, 0.15) is 147 Å². The predicted molar refractivity (Wildman–Crippen MR) is 245 cm³/mol. The van der Waals surface area contributed by atoms with Crippen molar-refractivity contribution in [1.82, 2.24) is 40.0 Å². The number of unbranched alkanes of at least 4 members (excludes halogenated alkanes) is 4. The van der Waals surface area contributed by atoms with Crippen molar-refractivity contribution < 1.29 is 57.6 Å². The third kappa shape index (κ3) is 15.8. The number of hydroxylamine groups is 4. The molecule has 0 aliphatic carbocycles. The summed E-state index contributed by atoms with van der Waals surface area (Å²) in [5, 5.41) is 16.7. The molecule has 6 heterocycles. The van der Waals surface area contributed by atoms with Gasteiger partial charge in [-0.15, -0.1) is 4.28 Å². The molecule has 25 heteroatoms. The molecule has 4 bridgehead atoms. The molecule has 4 aliphatic heterocycles. The topological polar surface area (TPSA) is 286 Å². The van der Waals surface area contributed by atoms with Crippen LogP contribution < -0.4 is 5.73 Å². The number of hydrogen-bond acceptors (Lipinski definition) is 15. The number of piperidine rings is 2. The second kappa shape index (κ2) is 24.7. The van der Waals surface area contributed by atoms with Crippen LogP contribution in [0.25, 0.3) is 0 Å². The number of nitrogens with one attached hydrogen (secondary N) is 1. The van der Waals surface area contributed by atoms with Crippen molar-refractivity contribution in [2.75, 3.05) is 53.4 Å². The number of hydrogen-bond donors (Lipinski definition) is 3. The van der Waals surface area contributed by atoms with Gasteiger partial charge in [0.1, 0.15) is 11.4 Å². The summed E-state index contributed by atoms with van der Waals surface area (Å²) in [6.45, 7) is 22.0. The number of fused-ring (bicyclic) bond motifs is 4. The molecule has 0 saturated carbocycles. The summed E-state index contributed by atoms with van der Waals surface area (Å²) in [5.41, 5.74) is 7.35. The van der Waals surface area contributed by atoms with Crippen LogP contribution in [-0.4, -0.2) is 154 Å². The predicted octanol–water partition coefficient (Wildman–Crippen LogP) is 5.65. The zero-order valence-corrected chi connectivity index (χ0v) is 41.8. The number of guanidine groups is 1. The highest BCUT2D eigenvalue weighted by Crippen LogP contribution is 2.40. The van der Waals surface area contributed by atoms with E-state index < -0.39 is 44.9 Å². The van der Waals surface area contributed by atoms with E-state index in [4.69, 9.17) is 24.7 Å². The van der Waals surface area contributed by atoms with Crippen LogP contribution in [0.5, 0.6) is 0 Å². The van der Waals surface area contributed by atoms with E-state index in [1.807, 2.05) is 18.9 Å². The second-order valence-electron chi connectivity index (χ2n) is 17.9. The first kappa shape index (κ1) is 55.1. The zero-order chi connectivity index (χ0) is 49.7. The number of quaternary nitrogens is 1. The summed E-state index contributed by atoms with van der Waals surface area (Å²) < 4.78 is 83.7. The molecule has 2 aromatic rings. The maximum absolute atomic E-state index is 12.4. The smallest absolute Gasteiger partial charge is 0.418 e. The Morgan fingerprint density at radius 2 is 1.18 bits per heavy atom. The first-order valence-corrected chi connectivity index (χ1v) is 25.9. The monoisotopic (exact) mass is 987 g/mol. The van der Waals surface area contributed by atoms with Crippen LogP contribution in [0.3, 0.4) is 0 Å².